The summed E-state index contributed by atoms with van der Waals surface area (Å²) in [4.78, 5) is 0.344. The van der Waals surface area contributed by atoms with Crippen LogP contribution in [0.1, 0.15) is 46.5 Å². The number of para-hydroxylation sites is 1. The van der Waals surface area contributed by atoms with E-state index in [2.05, 4.69) is 17.0 Å². The Morgan fingerprint density at radius 3 is 2.57 bits per heavy atom. The number of nitrogens with one attached hydrogen (secondary N) is 2. The number of hydrogen-bond donors (Lipinski definition) is 2. The Bertz CT molecular complexity index is 569. The summed E-state index contributed by atoms with van der Waals surface area (Å²) in [6, 6.07) is 7.42. The molecule has 0 saturated heterocycles. The topological polar surface area (TPSA) is 58.2 Å². The molecule has 0 heterocycles. The van der Waals surface area contributed by atoms with Gasteiger partial charge in [0.25, 0.3) is 0 Å². The van der Waals surface area contributed by atoms with Gasteiger partial charge in [0, 0.05) is 12.1 Å². The molecule has 0 aliphatic heterocycles. The molecular formula is C16H26N2O2S. The first kappa shape index (κ1) is 16.3. The van der Waals surface area contributed by atoms with E-state index >= 15 is 0 Å². The van der Waals surface area contributed by atoms with Gasteiger partial charge in [-0.25, -0.2) is 13.1 Å². The van der Waals surface area contributed by atoms with Gasteiger partial charge < -0.3 is 5.32 Å². The van der Waals surface area contributed by atoms with Crippen molar-refractivity contribution in [3.63, 3.8) is 0 Å². The first-order chi connectivity index (χ1) is 9.88. The zero-order valence-electron chi connectivity index (χ0n) is 13.1. The lowest BCUT2D eigenvalue weighted by molar-refractivity contribution is 0.358. The van der Waals surface area contributed by atoms with Gasteiger partial charge in [0.2, 0.25) is 10.0 Å². The number of benzene rings is 1. The van der Waals surface area contributed by atoms with E-state index in [9.17, 15) is 8.42 Å². The van der Waals surface area contributed by atoms with E-state index in [1.165, 1.54) is 12.8 Å². The van der Waals surface area contributed by atoms with Crippen LogP contribution in [0, 0.1) is 5.92 Å². The Morgan fingerprint density at radius 2 is 1.90 bits per heavy atom. The first-order valence-electron chi connectivity index (χ1n) is 7.76. The normalized spacial score (nSPS) is 23.2. The van der Waals surface area contributed by atoms with Crippen LogP contribution in [-0.2, 0) is 10.0 Å². The molecule has 0 bridgehead atoms. The van der Waals surface area contributed by atoms with Gasteiger partial charge in [-0.3, -0.25) is 0 Å². The smallest absolute Gasteiger partial charge is 0.242 e. The van der Waals surface area contributed by atoms with Gasteiger partial charge in [-0.2, -0.15) is 0 Å². The summed E-state index contributed by atoms with van der Waals surface area (Å²) in [6.07, 6.45) is 4.69. The van der Waals surface area contributed by atoms with Crippen molar-refractivity contribution < 1.29 is 8.42 Å². The molecule has 5 heteroatoms. The Morgan fingerprint density at radius 1 is 1.19 bits per heavy atom. The molecule has 2 N–H and O–H groups in total. The molecule has 0 aromatic heterocycles. The van der Waals surface area contributed by atoms with Crippen molar-refractivity contribution in [1.82, 2.24) is 4.72 Å². The Hall–Kier alpha value is -1.07. The molecule has 0 spiro atoms. The molecule has 1 aromatic rings. The fourth-order valence-electron chi connectivity index (χ4n) is 2.98. The Kier molecular flexibility index (Phi) is 5.27. The fourth-order valence-corrected chi connectivity index (χ4v) is 4.40. The van der Waals surface area contributed by atoms with Crippen molar-refractivity contribution >= 4 is 15.7 Å². The van der Waals surface area contributed by atoms with Crippen LogP contribution >= 0.6 is 0 Å². The van der Waals surface area contributed by atoms with Crippen molar-refractivity contribution in [2.45, 2.75) is 63.4 Å². The zero-order valence-corrected chi connectivity index (χ0v) is 13.9. The van der Waals surface area contributed by atoms with Crippen molar-refractivity contribution in [1.29, 1.82) is 0 Å². The summed E-state index contributed by atoms with van der Waals surface area (Å²) in [5, 5.41) is 3.44. The van der Waals surface area contributed by atoms with Gasteiger partial charge in [0.05, 0.1) is 5.69 Å². The van der Waals surface area contributed by atoms with Crippen LogP contribution in [0.25, 0.3) is 0 Å². The molecule has 21 heavy (non-hydrogen) atoms. The van der Waals surface area contributed by atoms with Gasteiger partial charge in [-0.1, -0.05) is 31.9 Å². The van der Waals surface area contributed by atoms with Crippen LogP contribution in [0.2, 0.25) is 0 Å². The number of hydrogen-bond acceptors (Lipinski definition) is 3. The largest absolute Gasteiger partial charge is 0.381 e. The standard InChI is InChI=1S/C16H26N2O2S/c1-12(2)18-21(19,20)16-10-5-4-9-15(16)17-14-8-6-7-13(3)11-14/h4-5,9-10,12-14,17-18H,6-8,11H2,1-3H3. The highest BCUT2D eigenvalue weighted by molar-refractivity contribution is 7.89. The summed E-state index contributed by atoms with van der Waals surface area (Å²) in [5.41, 5.74) is 0.713. The third-order valence-electron chi connectivity index (χ3n) is 3.86. The highest BCUT2D eigenvalue weighted by atomic mass is 32.2. The third-order valence-corrected chi connectivity index (χ3v) is 5.58. The van der Waals surface area contributed by atoms with E-state index in [0.717, 1.165) is 12.8 Å². The van der Waals surface area contributed by atoms with Crippen LogP contribution < -0.4 is 10.0 Å². The average molecular weight is 310 g/mol. The SMILES string of the molecule is CC1CCCC(Nc2ccccc2S(=O)(=O)NC(C)C)C1. The first-order valence-corrected chi connectivity index (χ1v) is 9.24. The quantitative estimate of drug-likeness (QED) is 0.876. The van der Waals surface area contributed by atoms with E-state index in [1.54, 1.807) is 12.1 Å². The summed E-state index contributed by atoms with van der Waals surface area (Å²) >= 11 is 0. The summed E-state index contributed by atoms with van der Waals surface area (Å²) < 4.78 is 27.5. The van der Waals surface area contributed by atoms with Crippen LogP contribution in [0.4, 0.5) is 5.69 Å². The number of rotatable bonds is 5. The molecule has 1 saturated carbocycles. The van der Waals surface area contributed by atoms with Gasteiger partial charge in [0.1, 0.15) is 4.90 Å². The lowest BCUT2D eigenvalue weighted by atomic mass is 9.87. The minimum atomic E-state index is -3.47. The van der Waals surface area contributed by atoms with Crippen LogP contribution in [0.15, 0.2) is 29.2 Å². The van der Waals surface area contributed by atoms with Crippen molar-refractivity contribution in [3.8, 4) is 0 Å². The molecule has 0 amide bonds. The van der Waals surface area contributed by atoms with Gasteiger partial charge in [0.15, 0.2) is 0 Å². The average Bonchev–Trinajstić information content (AvgIpc) is 2.37. The molecular weight excluding hydrogens is 284 g/mol. The zero-order chi connectivity index (χ0) is 15.5. The minimum absolute atomic E-state index is 0.113. The lowest BCUT2D eigenvalue weighted by Gasteiger charge is -2.29. The Labute approximate surface area is 128 Å². The number of sulfonamides is 1. The van der Waals surface area contributed by atoms with Crippen molar-refractivity contribution in [2.24, 2.45) is 5.92 Å². The van der Waals surface area contributed by atoms with E-state index in [0.29, 0.717) is 22.5 Å². The van der Waals surface area contributed by atoms with Crippen molar-refractivity contribution in [2.75, 3.05) is 5.32 Å². The minimum Gasteiger partial charge on any atom is -0.381 e. The fraction of sp³-hybridized carbons (Fsp3) is 0.625. The van der Waals surface area contributed by atoms with Gasteiger partial charge in [-0.15, -0.1) is 0 Å². The molecule has 1 aromatic carbocycles. The molecule has 1 aliphatic carbocycles. The monoisotopic (exact) mass is 310 g/mol. The van der Waals surface area contributed by atoms with E-state index < -0.39 is 10.0 Å². The summed E-state index contributed by atoms with van der Waals surface area (Å²) in [5.74, 6) is 0.703. The summed E-state index contributed by atoms with van der Waals surface area (Å²) in [6.45, 7) is 5.92. The van der Waals surface area contributed by atoms with Crippen LogP contribution in [0.3, 0.4) is 0 Å². The highest BCUT2D eigenvalue weighted by Gasteiger charge is 2.23. The van der Waals surface area contributed by atoms with E-state index in [-0.39, 0.29) is 6.04 Å². The summed E-state index contributed by atoms with van der Waals surface area (Å²) in [7, 11) is -3.47. The molecule has 1 fully saturated rings. The second-order valence-corrected chi connectivity index (χ2v) is 8.07. The number of anilines is 1. The second kappa shape index (κ2) is 6.79. The molecule has 118 valence electrons. The maximum atomic E-state index is 12.4. The second-order valence-electron chi connectivity index (χ2n) is 6.39. The van der Waals surface area contributed by atoms with Crippen molar-refractivity contribution in [3.05, 3.63) is 24.3 Å². The Balaban J connectivity index is 2.21. The molecule has 0 radical (unpaired) electrons. The van der Waals surface area contributed by atoms with E-state index in [4.69, 9.17) is 0 Å². The lowest BCUT2D eigenvalue weighted by Crippen LogP contribution is -2.32. The maximum Gasteiger partial charge on any atom is 0.242 e. The predicted molar refractivity (Wildman–Crippen MR) is 86.9 cm³/mol. The van der Waals surface area contributed by atoms with E-state index in [1.807, 2.05) is 26.0 Å². The molecule has 2 rings (SSSR count). The maximum absolute atomic E-state index is 12.4. The predicted octanol–water partition coefficient (Wildman–Crippen LogP) is 3.36. The van der Waals surface area contributed by atoms with Gasteiger partial charge >= 0.3 is 0 Å². The molecule has 2 unspecified atom stereocenters. The third kappa shape index (κ3) is 4.45. The molecule has 1 aliphatic rings. The highest BCUT2D eigenvalue weighted by Crippen LogP contribution is 2.28. The molecule has 4 nitrogen and oxygen atoms in total. The van der Waals surface area contributed by atoms with Crippen LogP contribution in [-0.4, -0.2) is 20.5 Å². The van der Waals surface area contributed by atoms with Gasteiger partial charge in [-0.05, 0) is 44.7 Å². The van der Waals surface area contributed by atoms with Crippen LogP contribution in [0.5, 0.6) is 0 Å². The molecule has 2 atom stereocenters.